The molecule has 0 radical (unpaired) electrons. The van der Waals surface area contributed by atoms with E-state index < -0.39 is 0 Å². The summed E-state index contributed by atoms with van der Waals surface area (Å²) in [7, 11) is 0. The van der Waals surface area contributed by atoms with Crippen LogP contribution in [0.25, 0.3) is 0 Å². The molecule has 8 heavy (non-hydrogen) atoms. The smallest absolute Gasteiger partial charge is 0.188 e. The highest BCUT2D eigenvalue weighted by atomic mass is 16.5. The number of hydrogen-bond acceptors (Lipinski definition) is 1. The molecule has 0 saturated heterocycles. The lowest BCUT2D eigenvalue weighted by Crippen LogP contribution is -1.89. The molecule has 0 aliphatic carbocycles. The molecule has 0 bridgehead atoms. The van der Waals surface area contributed by atoms with Crippen LogP contribution < -0.4 is 0 Å². The second kappa shape index (κ2) is 3.94. The van der Waals surface area contributed by atoms with Gasteiger partial charge in [0.2, 0.25) is 0 Å². The Balaban J connectivity index is 3.75. The first-order valence-corrected chi connectivity index (χ1v) is 2.19. The largest absolute Gasteiger partial charge is 0.619 e. The fourth-order valence-corrected chi connectivity index (χ4v) is 0.203. The van der Waals surface area contributed by atoms with E-state index in [4.69, 9.17) is 6.42 Å². The molecule has 42 valence electrons. The fourth-order valence-electron chi connectivity index (χ4n) is 0.203. The van der Waals surface area contributed by atoms with E-state index in [9.17, 15) is 5.21 Å². The number of nitrogens with zero attached hydrogens (tertiary/aromatic N) is 1. The molecule has 0 aliphatic rings. The summed E-state index contributed by atoms with van der Waals surface area (Å²) in [5, 5.41) is 10.2. The normalized spacial score (nSPS) is 11.8. The molecule has 0 saturated carbocycles. The van der Waals surface area contributed by atoms with Gasteiger partial charge in [0.05, 0.1) is 6.08 Å². The SMILES string of the molecule is C#C/C=C\[N+]([O-])=C\C. The molecule has 0 spiro atoms. The Hall–Kier alpha value is -1.23. The van der Waals surface area contributed by atoms with Crippen molar-refractivity contribution in [3.05, 3.63) is 17.5 Å². The van der Waals surface area contributed by atoms with Crippen molar-refractivity contribution in [3.8, 4) is 12.3 Å². The molecular weight excluding hydrogens is 102 g/mol. The Labute approximate surface area is 48.7 Å². The minimum atomic E-state index is 0.639. The van der Waals surface area contributed by atoms with Crippen molar-refractivity contribution in [2.45, 2.75) is 6.92 Å². The molecule has 0 aromatic carbocycles. The Morgan fingerprint density at radius 1 is 1.75 bits per heavy atom. The Kier molecular flexibility index (Phi) is 3.34. The van der Waals surface area contributed by atoms with Gasteiger partial charge in [-0.15, -0.1) is 6.42 Å². The van der Waals surface area contributed by atoms with Crippen LogP contribution >= 0.6 is 0 Å². The fraction of sp³-hybridized carbons (Fsp3) is 0.167. The lowest BCUT2D eigenvalue weighted by molar-refractivity contribution is -0.373. The van der Waals surface area contributed by atoms with Gasteiger partial charge in [-0.25, -0.2) is 0 Å². The number of rotatable bonds is 1. The van der Waals surface area contributed by atoms with Crippen LogP contribution in [0.5, 0.6) is 0 Å². The predicted molar refractivity (Wildman–Crippen MR) is 33.3 cm³/mol. The molecule has 2 heteroatoms. The van der Waals surface area contributed by atoms with Gasteiger partial charge in [0.1, 0.15) is 0 Å². The van der Waals surface area contributed by atoms with Crippen LogP contribution in [0.3, 0.4) is 0 Å². The van der Waals surface area contributed by atoms with Crippen molar-refractivity contribution in [3.63, 3.8) is 0 Å². The Morgan fingerprint density at radius 2 is 2.38 bits per heavy atom. The molecule has 0 fully saturated rings. The van der Waals surface area contributed by atoms with E-state index in [-0.39, 0.29) is 0 Å². The van der Waals surface area contributed by atoms with Crippen molar-refractivity contribution >= 4 is 6.21 Å². The summed E-state index contributed by atoms with van der Waals surface area (Å²) in [5.41, 5.74) is 0. The molecular formula is C6H7NO. The summed E-state index contributed by atoms with van der Waals surface area (Å²) in [6.45, 7) is 1.63. The topological polar surface area (TPSA) is 26.1 Å². The van der Waals surface area contributed by atoms with Gasteiger partial charge in [-0.3, -0.25) is 0 Å². The maximum absolute atomic E-state index is 10.2. The average molecular weight is 109 g/mol. The molecule has 0 rings (SSSR count). The first-order chi connectivity index (χ1) is 3.81. The number of hydroxylamine groups is 1. The molecule has 2 nitrogen and oxygen atoms in total. The van der Waals surface area contributed by atoms with Crippen LogP contribution in [-0.2, 0) is 0 Å². The highest BCUT2D eigenvalue weighted by Gasteiger charge is 1.72. The van der Waals surface area contributed by atoms with Gasteiger partial charge in [0.15, 0.2) is 12.4 Å². The summed E-state index contributed by atoms with van der Waals surface area (Å²) in [6.07, 6.45) is 8.79. The van der Waals surface area contributed by atoms with Crippen molar-refractivity contribution in [1.82, 2.24) is 0 Å². The summed E-state index contributed by atoms with van der Waals surface area (Å²) < 4.78 is 0.639. The van der Waals surface area contributed by atoms with Gasteiger partial charge < -0.3 is 5.21 Å². The van der Waals surface area contributed by atoms with E-state index in [1.165, 1.54) is 18.5 Å². The van der Waals surface area contributed by atoms with E-state index in [1.807, 2.05) is 0 Å². The summed E-state index contributed by atoms with van der Waals surface area (Å²) >= 11 is 0. The van der Waals surface area contributed by atoms with Gasteiger partial charge >= 0.3 is 0 Å². The van der Waals surface area contributed by atoms with Crippen molar-refractivity contribution in [2.24, 2.45) is 0 Å². The monoisotopic (exact) mass is 109 g/mol. The van der Waals surface area contributed by atoms with Gasteiger partial charge in [-0.05, 0) is 0 Å². The predicted octanol–water partition coefficient (Wildman–Crippen LogP) is 0.734. The van der Waals surface area contributed by atoms with Crippen LogP contribution in [0.1, 0.15) is 6.92 Å². The van der Waals surface area contributed by atoms with Crippen LogP contribution in [0.2, 0.25) is 0 Å². The van der Waals surface area contributed by atoms with Crippen LogP contribution in [0, 0.1) is 17.6 Å². The number of allylic oxidation sites excluding steroid dienone is 1. The van der Waals surface area contributed by atoms with Gasteiger partial charge in [0.25, 0.3) is 0 Å². The molecule has 0 aromatic rings. The highest BCUT2D eigenvalue weighted by Crippen LogP contribution is 1.69. The average Bonchev–Trinajstić information content (AvgIpc) is 1.83. The molecule has 0 N–H and O–H groups in total. The second-order valence-corrected chi connectivity index (χ2v) is 1.10. The highest BCUT2D eigenvalue weighted by molar-refractivity contribution is 5.47. The molecule has 0 aromatic heterocycles. The van der Waals surface area contributed by atoms with E-state index in [0.717, 1.165) is 0 Å². The zero-order valence-corrected chi connectivity index (χ0v) is 4.66. The van der Waals surface area contributed by atoms with Crippen LogP contribution in [0.15, 0.2) is 12.3 Å². The van der Waals surface area contributed by atoms with Crippen molar-refractivity contribution in [1.29, 1.82) is 0 Å². The summed E-state index contributed by atoms with van der Waals surface area (Å²) in [4.78, 5) is 0. The molecule has 0 unspecified atom stereocenters. The van der Waals surface area contributed by atoms with E-state index >= 15 is 0 Å². The third-order valence-corrected chi connectivity index (χ3v) is 0.572. The summed E-state index contributed by atoms with van der Waals surface area (Å²) in [5.74, 6) is 2.19. The standard InChI is InChI=1S/C6H7NO/c1-3-5-6-7(8)4-2/h1,4-6H,2H3/b6-5-,7-4-. The quantitative estimate of drug-likeness (QED) is 0.160. The second-order valence-electron chi connectivity index (χ2n) is 1.10. The third kappa shape index (κ3) is 2.98. The zero-order chi connectivity index (χ0) is 6.41. The minimum absolute atomic E-state index is 0.639. The van der Waals surface area contributed by atoms with E-state index in [2.05, 4.69) is 5.92 Å². The van der Waals surface area contributed by atoms with Crippen molar-refractivity contribution < 1.29 is 4.74 Å². The molecule has 0 atom stereocenters. The molecule has 0 aliphatic heterocycles. The molecule has 0 heterocycles. The van der Waals surface area contributed by atoms with Crippen LogP contribution in [-0.4, -0.2) is 11.0 Å². The third-order valence-electron chi connectivity index (χ3n) is 0.572. The zero-order valence-electron chi connectivity index (χ0n) is 4.66. The first-order valence-electron chi connectivity index (χ1n) is 2.19. The lowest BCUT2D eigenvalue weighted by atomic mass is 10.6. The van der Waals surface area contributed by atoms with Gasteiger partial charge in [-0.1, -0.05) is 5.92 Å². The maximum atomic E-state index is 10.2. The Bertz CT molecular complexity index is 150. The lowest BCUT2D eigenvalue weighted by Gasteiger charge is -1.89. The summed E-state index contributed by atoms with van der Waals surface area (Å²) in [6, 6.07) is 0. The van der Waals surface area contributed by atoms with E-state index in [1.54, 1.807) is 6.92 Å². The Morgan fingerprint density at radius 3 is 2.75 bits per heavy atom. The van der Waals surface area contributed by atoms with Crippen LogP contribution in [0.4, 0.5) is 0 Å². The van der Waals surface area contributed by atoms with E-state index in [0.29, 0.717) is 4.74 Å². The maximum Gasteiger partial charge on any atom is 0.188 e. The van der Waals surface area contributed by atoms with Gasteiger partial charge in [-0.2, -0.15) is 4.74 Å². The van der Waals surface area contributed by atoms with Gasteiger partial charge in [0, 0.05) is 6.92 Å². The molecule has 0 amide bonds. The first kappa shape index (κ1) is 6.77. The number of hydrogen-bond donors (Lipinski definition) is 0. The van der Waals surface area contributed by atoms with Crippen molar-refractivity contribution in [2.75, 3.05) is 0 Å². The number of terminal acetylenes is 1. The minimum Gasteiger partial charge on any atom is -0.619 e.